The molecule has 0 aliphatic rings. The van der Waals surface area contributed by atoms with Crippen molar-refractivity contribution in [2.45, 2.75) is 38.1 Å². The average molecular weight is 580 g/mol. The number of aryl methyl sites for hydroxylation is 2. The topological polar surface area (TPSA) is 75.7 Å². The minimum Gasteiger partial charge on any atom is -0.495 e. The normalized spacial score (nSPS) is 11.5. The van der Waals surface area contributed by atoms with Crippen molar-refractivity contribution >= 4 is 49.1 Å². The number of sulfonamides is 1. The van der Waals surface area contributed by atoms with Crippen molar-refractivity contribution in [2.75, 3.05) is 19.0 Å². The van der Waals surface area contributed by atoms with Gasteiger partial charge in [-0.05, 0) is 59.9 Å². The molecule has 1 N–H and O–H groups in total. The summed E-state index contributed by atoms with van der Waals surface area (Å²) in [5.74, 6) is -0.0526. The molecule has 0 fully saturated rings. The smallest absolute Gasteiger partial charge is 0.243 e. The highest BCUT2D eigenvalue weighted by atomic mass is 79.9. The van der Waals surface area contributed by atoms with Crippen molar-refractivity contribution in [1.82, 2.24) is 4.31 Å². The quantitative estimate of drug-likeness (QED) is 0.317. The standard InChI is InChI=1S/C26H28BrClN2O4S/c1-4-19-13-21(27)14-20(5-2)26(19)29-25(31)17-30(16-18-9-7-6-8-10-18)35(32,33)22-11-12-24(34-3)23(28)15-22/h6-15H,4-5,16-17H2,1-3H3,(H,29,31). The highest BCUT2D eigenvalue weighted by Crippen LogP contribution is 2.30. The van der Waals surface area contributed by atoms with Crippen LogP contribution in [0.15, 0.2) is 70.0 Å². The molecule has 1 amide bonds. The van der Waals surface area contributed by atoms with E-state index in [4.69, 9.17) is 16.3 Å². The van der Waals surface area contributed by atoms with Gasteiger partial charge in [0.1, 0.15) is 5.75 Å². The lowest BCUT2D eigenvalue weighted by Gasteiger charge is -2.23. The average Bonchev–Trinajstić information content (AvgIpc) is 2.84. The number of rotatable bonds is 10. The Morgan fingerprint density at radius 3 is 2.20 bits per heavy atom. The van der Waals surface area contributed by atoms with E-state index in [1.807, 2.05) is 56.3 Å². The number of methoxy groups -OCH3 is 1. The van der Waals surface area contributed by atoms with Crippen molar-refractivity contribution in [1.29, 1.82) is 0 Å². The maximum atomic E-state index is 13.6. The van der Waals surface area contributed by atoms with E-state index in [1.54, 1.807) is 0 Å². The third-order valence-electron chi connectivity index (χ3n) is 5.58. The molecule has 0 bridgehead atoms. The summed E-state index contributed by atoms with van der Waals surface area (Å²) in [6.07, 6.45) is 1.44. The number of nitrogens with zero attached hydrogens (tertiary/aromatic N) is 1. The van der Waals surface area contributed by atoms with Crippen molar-refractivity contribution in [3.63, 3.8) is 0 Å². The Bertz CT molecular complexity index is 1270. The molecule has 0 spiro atoms. The summed E-state index contributed by atoms with van der Waals surface area (Å²) >= 11 is 9.72. The van der Waals surface area contributed by atoms with Crippen LogP contribution in [0.4, 0.5) is 5.69 Å². The summed E-state index contributed by atoms with van der Waals surface area (Å²) in [5, 5.41) is 3.14. The summed E-state index contributed by atoms with van der Waals surface area (Å²) in [4.78, 5) is 13.2. The van der Waals surface area contributed by atoms with Crippen LogP contribution >= 0.6 is 27.5 Å². The molecule has 3 aromatic carbocycles. The lowest BCUT2D eigenvalue weighted by atomic mass is 10.0. The highest BCUT2D eigenvalue weighted by Gasteiger charge is 2.28. The number of nitrogens with one attached hydrogen (secondary N) is 1. The molecule has 35 heavy (non-hydrogen) atoms. The minimum absolute atomic E-state index is 0.0147. The summed E-state index contributed by atoms with van der Waals surface area (Å²) in [6, 6.07) is 17.3. The lowest BCUT2D eigenvalue weighted by molar-refractivity contribution is -0.116. The summed E-state index contributed by atoms with van der Waals surface area (Å²) < 4.78 is 34.5. The Balaban J connectivity index is 1.95. The fraction of sp³-hybridized carbons (Fsp3) is 0.269. The first kappa shape index (κ1) is 27.2. The van der Waals surface area contributed by atoms with Crippen LogP contribution in [0, 0.1) is 0 Å². The second-order valence-corrected chi connectivity index (χ2v) is 11.2. The number of carbonyl (C=O) groups is 1. The highest BCUT2D eigenvalue weighted by molar-refractivity contribution is 9.10. The van der Waals surface area contributed by atoms with Crippen LogP contribution in [0.3, 0.4) is 0 Å². The van der Waals surface area contributed by atoms with Crippen molar-refractivity contribution in [2.24, 2.45) is 0 Å². The Hall–Kier alpha value is -2.39. The van der Waals surface area contributed by atoms with E-state index in [2.05, 4.69) is 21.2 Å². The molecule has 0 heterocycles. The first-order valence-electron chi connectivity index (χ1n) is 11.2. The second-order valence-electron chi connectivity index (χ2n) is 7.91. The number of halogens is 2. The Morgan fingerprint density at radius 2 is 1.66 bits per heavy atom. The fourth-order valence-corrected chi connectivity index (χ4v) is 6.04. The SMILES string of the molecule is CCc1cc(Br)cc(CC)c1NC(=O)CN(Cc1ccccc1)S(=O)(=O)c1ccc(OC)c(Cl)c1. The molecule has 0 radical (unpaired) electrons. The van der Waals surface area contributed by atoms with Gasteiger partial charge in [0.25, 0.3) is 0 Å². The third-order valence-corrected chi connectivity index (χ3v) is 8.12. The molecule has 6 nitrogen and oxygen atoms in total. The minimum atomic E-state index is -4.05. The van der Waals surface area contributed by atoms with Gasteiger partial charge in [0.2, 0.25) is 15.9 Å². The molecule has 0 unspecified atom stereocenters. The predicted octanol–water partition coefficient (Wildman–Crippen LogP) is 6.07. The molecule has 0 saturated carbocycles. The Labute approximate surface area is 220 Å². The van der Waals surface area contributed by atoms with Gasteiger partial charge in [-0.15, -0.1) is 0 Å². The van der Waals surface area contributed by atoms with Gasteiger partial charge in [-0.1, -0.05) is 71.7 Å². The number of anilines is 1. The van der Waals surface area contributed by atoms with Crippen LogP contribution in [0.25, 0.3) is 0 Å². The van der Waals surface area contributed by atoms with Crippen LogP contribution in [-0.2, 0) is 34.2 Å². The van der Waals surface area contributed by atoms with Crippen LogP contribution in [-0.4, -0.2) is 32.3 Å². The molecule has 9 heteroatoms. The monoisotopic (exact) mass is 578 g/mol. The van der Waals surface area contributed by atoms with E-state index in [-0.39, 0.29) is 23.0 Å². The van der Waals surface area contributed by atoms with Crippen molar-refractivity contribution in [3.05, 3.63) is 86.8 Å². The van der Waals surface area contributed by atoms with Gasteiger partial charge in [-0.3, -0.25) is 4.79 Å². The number of hydrogen-bond acceptors (Lipinski definition) is 4. The maximum Gasteiger partial charge on any atom is 0.243 e. The van der Waals surface area contributed by atoms with Gasteiger partial charge < -0.3 is 10.1 Å². The molecule has 3 rings (SSSR count). The summed E-state index contributed by atoms with van der Waals surface area (Å²) in [7, 11) is -2.59. The summed E-state index contributed by atoms with van der Waals surface area (Å²) in [6.45, 7) is 3.69. The number of carbonyl (C=O) groups excluding carboxylic acids is 1. The molecule has 0 atom stereocenters. The first-order valence-corrected chi connectivity index (χ1v) is 13.8. The van der Waals surface area contributed by atoms with E-state index >= 15 is 0 Å². The zero-order valence-corrected chi connectivity index (χ0v) is 23.0. The van der Waals surface area contributed by atoms with Gasteiger partial charge in [-0.2, -0.15) is 4.31 Å². The van der Waals surface area contributed by atoms with Gasteiger partial charge >= 0.3 is 0 Å². The Kier molecular flexibility index (Phi) is 9.35. The molecular formula is C26H28BrClN2O4S. The van der Waals surface area contributed by atoms with Crippen LogP contribution in [0.5, 0.6) is 5.75 Å². The molecule has 0 aromatic heterocycles. The van der Waals surface area contributed by atoms with E-state index in [0.29, 0.717) is 5.75 Å². The van der Waals surface area contributed by atoms with Crippen LogP contribution in [0.1, 0.15) is 30.5 Å². The van der Waals surface area contributed by atoms with Gasteiger partial charge in [-0.25, -0.2) is 8.42 Å². The van der Waals surface area contributed by atoms with E-state index in [1.165, 1.54) is 25.3 Å². The molecule has 0 saturated heterocycles. The maximum absolute atomic E-state index is 13.6. The zero-order chi connectivity index (χ0) is 25.6. The first-order chi connectivity index (χ1) is 16.7. The third kappa shape index (κ3) is 6.64. The summed E-state index contributed by atoms with van der Waals surface area (Å²) in [5.41, 5.74) is 3.44. The number of amides is 1. The van der Waals surface area contributed by atoms with Crippen molar-refractivity contribution in [3.8, 4) is 5.75 Å². The number of hydrogen-bond donors (Lipinski definition) is 1. The van der Waals surface area contributed by atoms with Gasteiger partial charge in [0, 0.05) is 16.7 Å². The van der Waals surface area contributed by atoms with Crippen LogP contribution < -0.4 is 10.1 Å². The number of ether oxygens (including phenoxy) is 1. The second kappa shape index (κ2) is 12.0. The van der Waals surface area contributed by atoms with E-state index in [9.17, 15) is 13.2 Å². The zero-order valence-electron chi connectivity index (χ0n) is 19.8. The molecule has 3 aromatic rings. The van der Waals surface area contributed by atoms with E-state index < -0.39 is 15.9 Å². The fourth-order valence-electron chi connectivity index (χ4n) is 3.75. The number of benzene rings is 3. The predicted molar refractivity (Wildman–Crippen MR) is 144 cm³/mol. The van der Waals surface area contributed by atoms with Crippen LogP contribution in [0.2, 0.25) is 5.02 Å². The molecule has 0 aliphatic carbocycles. The van der Waals surface area contributed by atoms with Gasteiger partial charge in [0.05, 0.1) is 23.6 Å². The molecular weight excluding hydrogens is 552 g/mol. The van der Waals surface area contributed by atoms with Gasteiger partial charge in [0.15, 0.2) is 0 Å². The van der Waals surface area contributed by atoms with Crippen molar-refractivity contribution < 1.29 is 17.9 Å². The molecule has 186 valence electrons. The molecule has 0 aliphatic heterocycles. The largest absolute Gasteiger partial charge is 0.495 e. The lowest BCUT2D eigenvalue weighted by Crippen LogP contribution is -2.37. The Morgan fingerprint density at radius 1 is 1.03 bits per heavy atom. The van der Waals surface area contributed by atoms with E-state index in [0.717, 1.165) is 44.0 Å².